The van der Waals surface area contributed by atoms with Gasteiger partial charge in [-0.25, -0.2) is 0 Å². The Morgan fingerprint density at radius 2 is 2.50 bits per heavy atom. The first-order valence-corrected chi connectivity index (χ1v) is 6.58. The number of thioether (sulfide) groups is 1. The normalized spacial score (nSPS) is 19.9. The lowest BCUT2D eigenvalue weighted by Crippen LogP contribution is -2.18. The van der Waals surface area contributed by atoms with E-state index in [1.807, 2.05) is 35.9 Å². The Kier molecular flexibility index (Phi) is 3.88. The van der Waals surface area contributed by atoms with E-state index in [1.165, 1.54) is 18.4 Å². The lowest BCUT2D eigenvalue weighted by molar-refractivity contribution is 0.753. The highest BCUT2D eigenvalue weighted by molar-refractivity contribution is 8.14. The van der Waals surface area contributed by atoms with Crippen molar-refractivity contribution in [3.8, 4) is 0 Å². The van der Waals surface area contributed by atoms with E-state index in [4.69, 9.17) is 0 Å². The summed E-state index contributed by atoms with van der Waals surface area (Å²) >= 11 is 1.87. The van der Waals surface area contributed by atoms with E-state index in [0.29, 0.717) is 5.25 Å². The van der Waals surface area contributed by atoms with Gasteiger partial charge in [-0.3, -0.25) is 9.67 Å². The summed E-state index contributed by atoms with van der Waals surface area (Å²) in [5, 5.41) is 9.26. The second kappa shape index (κ2) is 5.39. The minimum Gasteiger partial charge on any atom is -0.361 e. The minimum absolute atomic E-state index is 0.682. The molecule has 0 aliphatic carbocycles. The largest absolute Gasteiger partial charge is 0.361 e. The Morgan fingerprint density at radius 3 is 3.19 bits per heavy atom. The van der Waals surface area contributed by atoms with Crippen LogP contribution in [0, 0.1) is 0 Å². The van der Waals surface area contributed by atoms with Gasteiger partial charge < -0.3 is 5.32 Å². The summed E-state index contributed by atoms with van der Waals surface area (Å²) in [6, 6.07) is 0. The Labute approximate surface area is 101 Å². The summed E-state index contributed by atoms with van der Waals surface area (Å²) in [7, 11) is 1.93. The van der Waals surface area contributed by atoms with E-state index >= 15 is 0 Å². The Bertz CT molecular complexity index is 372. The molecule has 1 aliphatic rings. The van der Waals surface area contributed by atoms with Gasteiger partial charge in [0.1, 0.15) is 0 Å². The lowest BCUT2D eigenvalue weighted by Gasteiger charge is -2.06. The van der Waals surface area contributed by atoms with Crippen molar-refractivity contribution >= 4 is 16.9 Å². The van der Waals surface area contributed by atoms with E-state index in [0.717, 1.165) is 18.3 Å². The molecule has 1 aromatic heterocycles. The van der Waals surface area contributed by atoms with Crippen LogP contribution in [0.4, 0.5) is 0 Å². The summed E-state index contributed by atoms with van der Waals surface area (Å²) in [6.45, 7) is 4.01. The summed E-state index contributed by atoms with van der Waals surface area (Å²) < 4.78 is 1.82. The number of aryl methyl sites for hydroxylation is 1. The summed E-state index contributed by atoms with van der Waals surface area (Å²) in [4.78, 5) is 4.50. The molecule has 1 aromatic rings. The number of rotatable bonds is 4. The molecule has 0 spiro atoms. The average molecular weight is 238 g/mol. The van der Waals surface area contributed by atoms with Gasteiger partial charge in [-0.2, -0.15) is 5.10 Å². The van der Waals surface area contributed by atoms with Gasteiger partial charge in [0.2, 0.25) is 0 Å². The predicted molar refractivity (Wildman–Crippen MR) is 68.6 cm³/mol. The van der Waals surface area contributed by atoms with Gasteiger partial charge in [0.15, 0.2) is 5.17 Å². The highest BCUT2D eigenvalue weighted by Crippen LogP contribution is 2.23. The topological polar surface area (TPSA) is 42.2 Å². The van der Waals surface area contributed by atoms with Crippen molar-refractivity contribution in [3.05, 3.63) is 18.0 Å². The second-order valence-electron chi connectivity index (χ2n) is 4.05. The smallest absolute Gasteiger partial charge is 0.157 e. The van der Waals surface area contributed by atoms with Crippen LogP contribution in [0.3, 0.4) is 0 Å². The summed E-state index contributed by atoms with van der Waals surface area (Å²) in [6.07, 6.45) is 6.41. The van der Waals surface area contributed by atoms with Crippen molar-refractivity contribution in [3.63, 3.8) is 0 Å². The molecule has 1 unspecified atom stereocenters. The maximum absolute atomic E-state index is 4.50. The maximum atomic E-state index is 4.50. The molecule has 0 fully saturated rings. The van der Waals surface area contributed by atoms with E-state index in [-0.39, 0.29) is 0 Å². The van der Waals surface area contributed by atoms with Crippen LogP contribution in [0.2, 0.25) is 0 Å². The molecule has 5 heteroatoms. The molecule has 0 bridgehead atoms. The standard InChI is InChI=1S/C11H18N4S/c1-3-4-10-7-13-11(16-10)12-5-9-6-14-15(2)8-9/h6,8,10H,3-5,7H2,1-2H3,(H,12,13). The molecule has 0 saturated heterocycles. The van der Waals surface area contributed by atoms with Gasteiger partial charge in [0.05, 0.1) is 12.7 Å². The number of nitrogens with one attached hydrogen (secondary N) is 1. The number of nitrogens with zero attached hydrogens (tertiary/aromatic N) is 3. The molecule has 1 aliphatic heterocycles. The van der Waals surface area contributed by atoms with Crippen molar-refractivity contribution in [2.24, 2.45) is 12.0 Å². The van der Waals surface area contributed by atoms with E-state index in [2.05, 4.69) is 22.3 Å². The second-order valence-corrected chi connectivity index (χ2v) is 5.34. The van der Waals surface area contributed by atoms with Crippen LogP contribution in [0.5, 0.6) is 0 Å². The van der Waals surface area contributed by atoms with Crippen molar-refractivity contribution in [2.45, 2.75) is 31.6 Å². The zero-order chi connectivity index (χ0) is 11.4. The molecule has 1 atom stereocenters. The molecule has 1 N–H and O–H groups in total. The van der Waals surface area contributed by atoms with Crippen LogP contribution in [-0.2, 0) is 13.6 Å². The molecule has 0 saturated carbocycles. The van der Waals surface area contributed by atoms with Gasteiger partial charge in [-0.1, -0.05) is 25.1 Å². The minimum atomic E-state index is 0.682. The Morgan fingerprint density at radius 1 is 1.62 bits per heavy atom. The van der Waals surface area contributed by atoms with E-state index in [9.17, 15) is 0 Å². The molecule has 0 amide bonds. The lowest BCUT2D eigenvalue weighted by atomic mass is 10.2. The number of hydrogen-bond acceptors (Lipinski definition) is 4. The van der Waals surface area contributed by atoms with Gasteiger partial charge in [-0.15, -0.1) is 0 Å². The van der Waals surface area contributed by atoms with Crippen LogP contribution in [-0.4, -0.2) is 26.7 Å². The van der Waals surface area contributed by atoms with E-state index < -0.39 is 0 Å². The van der Waals surface area contributed by atoms with Crippen LogP contribution in [0.15, 0.2) is 17.4 Å². The molecule has 88 valence electrons. The third-order valence-electron chi connectivity index (χ3n) is 2.53. The van der Waals surface area contributed by atoms with Crippen molar-refractivity contribution < 1.29 is 0 Å². The van der Waals surface area contributed by atoms with Crippen LogP contribution in [0.25, 0.3) is 0 Å². The highest BCUT2D eigenvalue weighted by Gasteiger charge is 2.18. The monoisotopic (exact) mass is 238 g/mol. The Hall–Kier alpha value is -0.970. The molecule has 4 nitrogen and oxygen atoms in total. The SMILES string of the molecule is CCCC1CN=C(NCc2cnn(C)c2)S1. The van der Waals surface area contributed by atoms with Crippen LogP contribution in [0.1, 0.15) is 25.3 Å². The van der Waals surface area contributed by atoms with Crippen molar-refractivity contribution in [2.75, 3.05) is 6.54 Å². The number of hydrogen-bond donors (Lipinski definition) is 1. The summed E-state index contributed by atoms with van der Waals surface area (Å²) in [5.74, 6) is 0. The maximum Gasteiger partial charge on any atom is 0.157 e. The van der Waals surface area contributed by atoms with Crippen LogP contribution >= 0.6 is 11.8 Å². The predicted octanol–water partition coefficient (Wildman–Crippen LogP) is 1.78. The molecule has 0 radical (unpaired) electrons. The first-order chi connectivity index (χ1) is 7.78. The molecule has 16 heavy (non-hydrogen) atoms. The average Bonchev–Trinajstić information content (AvgIpc) is 2.85. The Balaban J connectivity index is 1.75. The third kappa shape index (κ3) is 3.01. The molecular formula is C11H18N4S. The third-order valence-corrected chi connectivity index (χ3v) is 3.74. The zero-order valence-electron chi connectivity index (χ0n) is 9.81. The van der Waals surface area contributed by atoms with Crippen molar-refractivity contribution in [1.82, 2.24) is 15.1 Å². The zero-order valence-corrected chi connectivity index (χ0v) is 10.6. The quantitative estimate of drug-likeness (QED) is 0.869. The number of aromatic nitrogens is 2. The highest BCUT2D eigenvalue weighted by atomic mass is 32.2. The fourth-order valence-corrected chi connectivity index (χ4v) is 2.85. The van der Waals surface area contributed by atoms with E-state index in [1.54, 1.807) is 0 Å². The van der Waals surface area contributed by atoms with Gasteiger partial charge in [-0.05, 0) is 6.42 Å². The van der Waals surface area contributed by atoms with Gasteiger partial charge in [0, 0.05) is 30.6 Å². The first-order valence-electron chi connectivity index (χ1n) is 5.70. The fourth-order valence-electron chi connectivity index (χ4n) is 1.73. The first kappa shape index (κ1) is 11.5. The fraction of sp³-hybridized carbons (Fsp3) is 0.636. The molecule has 2 heterocycles. The number of aliphatic imine (C=N–C) groups is 1. The van der Waals surface area contributed by atoms with Crippen LogP contribution < -0.4 is 5.32 Å². The molecule has 2 rings (SSSR count). The van der Waals surface area contributed by atoms with Gasteiger partial charge >= 0.3 is 0 Å². The molecule has 0 aromatic carbocycles. The van der Waals surface area contributed by atoms with Gasteiger partial charge in [0.25, 0.3) is 0 Å². The number of amidine groups is 1. The molecular weight excluding hydrogens is 220 g/mol. The van der Waals surface area contributed by atoms with Crippen molar-refractivity contribution in [1.29, 1.82) is 0 Å². The summed E-state index contributed by atoms with van der Waals surface area (Å²) in [5.41, 5.74) is 1.20.